The zero-order chi connectivity index (χ0) is 17.9. The van der Waals surface area contributed by atoms with Crippen LogP contribution in [-0.2, 0) is 14.8 Å². The first-order valence-electron chi connectivity index (χ1n) is 8.07. The quantitative estimate of drug-likeness (QED) is 0.848. The van der Waals surface area contributed by atoms with Crippen LogP contribution in [0, 0.1) is 5.92 Å². The van der Waals surface area contributed by atoms with Gasteiger partial charge in [0.2, 0.25) is 15.9 Å². The third-order valence-corrected chi connectivity index (χ3v) is 6.66. The normalized spacial score (nSPS) is 19.1. The van der Waals surface area contributed by atoms with E-state index in [0.717, 1.165) is 6.42 Å². The summed E-state index contributed by atoms with van der Waals surface area (Å²) in [4.78, 5) is 14.2. The van der Waals surface area contributed by atoms with Gasteiger partial charge in [-0.25, -0.2) is 8.42 Å². The van der Waals surface area contributed by atoms with E-state index < -0.39 is 16.1 Å². The Morgan fingerprint density at radius 3 is 2.46 bits per heavy atom. The number of nitrogens with two attached hydrogens (primary N) is 1. The summed E-state index contributed by atoms with van der Waals surface area (Å²) in [5.41, 5.74) is 5.99. The van der Waals surface area contributed by atoms with Gasteiger partial charge in [-0.2, -0.15) is 4.31 Å². The smallest absolute Gasteiger partial charge is 0.243 e. The molecule has 1 aromatic rings. The fourth-order valence-electron chi connectivity index (χ4n) is 2.63. The maximum absolute atomic E-state index is 12.6. The fraction of sp³-hybridized carbons (Fsp3) is 0.562. The molecule has 134 valence electrons. The predicted octanol–water partition coefficient (Wildman–Crippen LogP) is 1.55. The Kier molecular flexibility index (Phi) is 6.25. The molecule has 1 heterocycles. The van der Waals surface area contributed by atoms with E-state index in [1.165, 1.54) is 16.4 Å². The monoisotopic (exact) mass is 373 g/mol. The van der Waals surface area contributed by atoms with Gasteiger partial charge < -0.3 is 10.6 Å². The minimum absolute atomic E-state index is 0.103. The highest BCUT2D eigenvalue weighted by atomic mass is 35.5. The van der Waals surface area contributed by atoms with Crippen LogP contribution in [-0.4, -0.2) is 55.8 Å². The fourth-order valence-corrected chi connectivity index (χ4v) is 4.36. The number of carbonyl (C=O) groups is 1. The molecule has 24 heavy (non-hydrogen) atoms. The van der Waals surface area contributed by atoms with Crippen LogP contribution in [0.4, 0.5) is 0 Å². The third-order valence-electron chi connectivity index (χ3n) is 4.53. The molecule has 2 N–H and O–H groups in total. The first-order valence-corrected chi connectivity index (χ1v) is 9.89. The van der Waals surface area contributed by atoms with Crippen molar-refractivity contribution in [2.45, 2.75) is 31.2 Å². The standard InChI is InChI=1S/C16H24ClN3O3S/c1-3-12(2)15(18)16(21)19-7-9-20(10-8-19)24(22,23)14-6-4-5-13(17)11-14/h4-6,11-12,15H,3,7-10,18H2,1-2H3. The van der Waals surface area contributed by atoms with Gasteiger partial charge in [0.05, 0.1) is 10.9 Å². The van der Waals surface area contributed by atoms with E-state index in [0.29, 0.717) is 18.1 Å². The first-order chi connectivity index (χ1) is 11.3. The number of rotatable bonds is 5. The molecule has 6 nitrogen and oxygen atoms in total. The molecule has 8 heteroatoms. The van der Waals surface area contributed by atoms with Gasteiger partial charge in [0, 0.05) is 31.2 Å². The Morgan fingerprint density at radius 1 is 1.29 bits per heavy atom. The molecule has 1 aliphatic rings. The molecule has 1 aliphatic heterocycles. The van der Waals surface area contributed by atoms with Crippen molar-refractivity contribution in [2.24, 2.45) is 11.7 Å². The zero-order valence-electron chi connectivity index (χ0n) is 14.0. The average Bonchev–Trinajstić information content (AvgIpc) is 2.59. The van der Waals surface area contributed by atoms with E-state index in [2.05, 4.69) is 0 Å². The van der Waals surface area contributed by atoms with Crippen molar-refractivity contribution in [1.29, 1.82) is 0 Å². The lowest BCUT2D eigenvalue weighted by atomic mass is 9.99. The summed E-state index contributed by atoms with van der Waals surface area (Å²) in [6.07, 6.45) is 0.829. The SMILES string of the molecule is CCC(C)C(N)C(=O)N1CCN(S(=O)(=O)c2cccc(Cl)c2)CC1. The lowest BCUT2D eigenvalue weighted by molar-refractivity contribution is -0.134. The summed E-state index contributed by atoms with van der Waals surface area (Å²) < 4.78 is 26.7. The van der Waals surface area contributed by atoms with Gasteiger partial charge in [0.1, 0.15) is 0 Å². The van der Waals surface area contributed by atoms with E-state index in [1.807, 2.05) is 13.8 Å². The maximum Gasteiger partial charge on any atom is 0.243 e. The lowest BCUT2D eigenvalue weighted by Gasteiger charge is -2.36. The number of hydrogen-bond donors (Lipinski definition) is 1. The van der Waals surface area contributed by atoms with Crippen LogP contribution in [0.25, 0.3) is 0 Å². The van der Waals surface area contributed by atoms with Crippen molar-refractivity contribution in [3.05, 3.63) is 29.3 Å². The Bertz CT molecular complexity index is 688. The summed E-state index contributed by atoms with van der Waals surface area (Å²) in [6.45, 7) is 5.16. The molecule has 0 aromatic heterocycles. The number of nitrogens with zero attached hydrogens (tertiary/aromatic N) is 2. The van der Waals surface area contributed by atoms with Crippen LogP contribution in [0.1, 0.15) is 20.3 Å². The molecular weight excluding hydrogens is 350 g/mol. The number of hydrogen-bond acceptors (Lipinski definition) is 4. The largest absolute Gasteiger partial charge is 0.339 e. The molecule has 1 fully saturated rings. The van der Waals surface area contributed by atoms with Crippen LogP contribution >= 0.6 is 11.6 Å². The molecule has 2 rings (SSSR count). The second kappa shape index (κ2) is 7.82. The Balaban J connectivity index is 2.03. The number of sulfonamides is 1. The van der Waals surface area contributed by atoms with Crippen molar-refractivity contribution >= 4 is 27.5 Å². The molecule has 0 bridgehead atoms. The first kappa shape index (κ1) is 19.2. The van der Waals surface area contributed by atoms with Gasteiger partial charge in [0.25, 0.3) is 0 Å². The predicted molar refractivity (Wildman–Crippen MR) is 94.2 cm³/mol. The van der Waals surface area contributed by atoms with Gasteiger partial charge in [-0.3, -0.25) is 4.79 Å². The molecule has 0 spiro atoms. The van der Waals surface area contributed by atoms with Crippen molar-refractivity contribution < 1.29 is 13.2 Å². The molecule has 1 saturated heterocycles. The second-order valence-corrected chi connectivity index (χ2v) is 8.47. The van der Waals surface area contributed by atoms with Crippen molar-refractivity contribution in [3.63, 3.8) is 0 Å². The van der Waals surface area contributed by atoms with E-state index >= 15 is 0 Å². The minimum atomic E-state index is -3.60. The summed E-state index contributed by atoms with van der Waals surface area (Å²) in [7, 11) is -3.60. The molecule has 2 unspecified atom stereocenters. The average molecular weight is 374 g/mol. The van der Waals surface area contributed by atoms with Crippen LogP contribution in [0.3, 0.4) is 0 Å². The number of piperazine rings is 1. The second-order valence-electron chi connectivity index (χ2n) is 6.10. The zero-order valence-corrected chi connectivity index (χ0v) is 15.6. The van der Waals surface area contributed by atoms with E-state index in [1.54, 1.807) is 17.0 Å². The van der Waals surface area contributed by atoms with Crippen LogP contribution in [0.2, 0.25) is 5.02 Å². The van der Waals surface area contributed by atoms with Gasteiger partial charge in [-0.15, -0.1) is 0 Å². The number of halogens is 1. The maximum atomic E-state index is 12.6. The molecule has 1 amide bonds. The van der Waals surface area contributed by atoms with Crippen molar-refractivity contribution in [3.8, 4) is 0 Å². The highest BCUT2D eigenvalue weighted by molar-refractivity contribution is 7.89. The van der Waals surface area contributed by atoms with Gasteiger partial charge in [0.15, 0.2) is 0 Å². The van der Waals surface area contributed by atoms with Crippen LogP contribution in [0.5, 0.6) is 0 Å². The van der Waals surface area contributed by atoms with Gasteiger partial charge in [-0.05, 0) is 24.1 Å². The minimum Gasteiger partial charge on any atom is -0.339 e. The van der Waals surface area contributed by atoms with Crippen molar-refractivity contribution in [2.75, 3.05) is 26.2 Å². The Labute approximate surface area is 148 Å². The molecule has 2 atom stereocenters. The number of amides is 1. The van der Waals surface area contributed by atoms with E-state index in [4.69, 9.17) is 17.3 Å². The highest BCUT2D eigenvalue weighted by Crippen LogP contribution is 2.21. The van der Waals surface area contributed by atoms with Gasteiger partial charge >= 0.3 is 0 Å². The summed E-state index contributed by atoms with van der Waals surface area (Å²) in [5, 5.41) is 0.379. The highest BCUT2D eigenvalue weighted by Gasteiger charge is 2.32. The summed E-state index contributed by atoms with van der Waals surface area (Å²) in [6, 6.07) is 5.67. The van der Waals surface area contributed by atoms with E-state index in [9.17, 15) is 13.2 Å². The Hall–Kier alpha value is -1.15. The number of carbonyl (C=O) groups excluding carboxylic acids is 1. The molecule has 0 aliphatic carbocycles. The summed E-state index contributed by atoms with van der Waals surface area (Å²) >= 11 is 5.88. The van der Waals surface area contributed by atoms with E-state index in [-0.39, 0.29) is 29.8 Å². The molecule has 0 saturated carbocycles. The van der Waals surface area contributed by atoms with Gasteiger partial charge in [-0.1, -0.05) is 37.9 Å². The van der Waals surface area contributed by atoms with Crippen LogP contribution < -0.4 is 5.73 Å². The molecule has 0 radical (unpaired) electrons. The third kappa shape index (κ3) is 4.08. The topological polar surface area (TPSA) is 83.7 Å². The lowest BCUT2D eigenvalue weighted by Crippen LogP contribution is -2.55. The Morgan fingerprint density at radius 2 is 1.92 bits per heavy atom. The number of benzene rings is 1. The van der Waals surface area contributed by atoms with Crippen molar-refractivity contribution in [1.82, 2.24) is 9.21 Å². The molecular formula is C16H24ClN3O3S. The summed E-state index contributed by atoms with van der Waals surface area (Å²) in [5.74, 6) is -0.00474. The molecule has 1 aromatic carbocycles. The van der Waals surface area contributed by atoms with Crippen LogP contribution in [0.15, 0.2) is 29.2 Å².